The van der Waals surface area contributed by atoms with E-state index in [-0.39, 0.29) is 13.0 Å². The maximum absolute atomic E-state index is 12.6. The topological polar surface area (TPSA) is 83.5 Å². The molecule has 0 aromatic heterocycles. The molecule has 1 N–H and O–H groups in total. The van der Waals surface area contributed by atoms with Crippen LogP contribution in [-0.2, 0) is 34.9 Å². The number of fused-ring (bicyclic) bond motifs is 1. The molecule has 7 nitrogen and oxygen atoms in total. The zero-order valence-electron chi connectivity index (χ0n) is 20.2. The Kier molecular flexibility index (Phi) is 9.52. The summed E-state index contributed by atoms with van der Waals surface area (Å²) in [6.45, 7) is 0.208. The van der Waals surface area contributed by atoms with Crippen LogP contribution in [0.3, 0.4) is 0 Å². The molecule has 2 saturated heterocycles. The van der Waals surface area contributed by atoms with E-state index in [1.54, 1.807) is 0 Å². The van der Waals surface area contributed by atoms with Gasteiger partial charge in [-0.2, -0.15) is 0 Å². The second-order valence-electron chi connectivity index (χ2n) is 8.49. The Hall–Kier alpha value is -3.17. The van der Waals surface area contributed by atoms with Gasteiger partial charge < -0.3 is 28.8 Å². The fourth-order valence-electron chi connectivity index (χ4n) is 4.11. The molecule has 2 aliphatic heterocycles. The first-order chi connectivity index (χ1) is 17.7. The van der Waals surface area contributed by atoms with E-state index in [1.807, 2.05) is 48.5 Å². The molecule has 0 spiro atoms. The summed E-state index contributed by atoms with van der Waals surface area (Å²) in [7, 11) is 1.42. The Morgan fingerprint density at radius 2 is 1.69 bits per heavy atom. The standard InChI is InChI=1S/C29H30O7/c1-32-29-25(31)27(26-23(34-29)20-33-28(36-26)22-17-11-7-12-18-22)35-24(30)19-13-5-3-2-4-8-14-21-15-9-6-10-16-21/h6-7,9-12,15-18,23,25-29,31H,8,13-14,19-20H2,1H3/t23-,25-,26-,27-,28-,29+/m1/s1. The monoisotopic (exact) mass is 490 g/mol. The van der Waals surface area contributed by atoms with E-state index < -0.39 is 43.0 Å². The van der Waals surface area contributed by atoms with Crippen molar-refractivity contribution in [2.75, 3.05) is 13.7 Å². The first kappa shape index (κ1) is 25.9. The van der Waals surface area contributed by atoms with Crippen LogP contribution in [0.2, 0.25) is 0 Å². The summed E-state index contributed by atoms with van der Waals surface area (Å²) < 4.78 is 28.5. The van der Waals surface area contributed by atoms with Crippen LogP contribution in [-0.4, -0.2) is 55.5 Å². The Morgan fingerprint density at radius 1 is 1.00 bits per heavy atom. The van der Waals surface area contributed by atoms with E-state index in [2.05, 4.69) is 35.8 Å². The number of ether oxygens (including phenoxy) is 5. The molecule has 2 aromatic carbocycles. The van der Waals surface area contributed by atoms with Crippen LogP contribution >= 0.6 is 0 Å². The summed E-state index contributed by atoms with van der Waals surface area (Å²) in [4.78, 5) is 12.6. The molecule has 0 radical (unpaired) electrons. The number of hydrogen-bond donors (Lipinski definition) is 1. The second kappa shape index (κ2) is 13.2. The number of aryl methyl sites for hydroxylation is 1. The molecule has 4 rings (SSSR count). The van der Waals surface area contributed by atoms with E-state index in [9.17, 15) is 9.90 Å². The summed E-state index contributed by atoms with van der Waals surface area (Å²) in [5, 5.41) is 10.8. The van der Waals surface area contributed by atoms with Crippen molar-refractivity contribution < 1.29 is 33.6 Å². The third-order valence-electron chi connectivity index (χ3n) is 5.95. The minimum atomic E-state index is -1.21. The van der Waals surface area contributed by atoms with Crippen molar-refractivity contribution in [2.24, 2.45) is 0 Å². The minimum absolute atomic E-state index is 0.0659. The van der Waals surface area contributed by atoms with Crippen LogP contribution in [0, 0.1) is 23.7 Å². The van der Waals surface area contributed by atoms with Crippen molar-refractivity contribution in [3.63, 3.8) is 0 Å². The number of esters is 1. The van der Waals surface area contributed by atoms with Crippen LogP contribution < -0.4 is 0 Å². The van der Waals surface area contributed by atoms with E-state index in [1.165, 1.54) is 12.7 Å². The van der Waals surface area contributed by atoms with Gasteiger partial charge in [-0.25, -0.2) is 0 Å². The number of methoxy groups -OCH3 is 1. The number of carbonyl (C=O) groups excluding carboxylic acids is 1. The first-order valence-corrected chi connectivity index (χ1v) is 12.0. The minimum Gasteiger partial charge on any atom is -0.456 e. The molecule has 0 unspecified atom stereocenters. The molecule has 188 valence electrons. The average molecular weight is 491 g/mol. The van der Waals surface area contributed by atoms with Gasteiger partial charge in [-0.3, -0.25) is 4.79 Å². The Balaban J connectivity index is 1.29. The molecule has 0 bridgehead atoms. The van der Waals surface area contributed by atoms with Crippen molar-refractivity contribution in [3.05, 3.63) is 71.8 Å². The van der Waals surface area contributed by atoms with Crippen LogP contribution in [0.4, 0.5) is 0 Å². The lowest BCUT2D eigenvalue weighted by Crippen LogP contribution is -2.63. The lowest BCUT2D eigenvalue weighted by Gasteiger charge is -2.47. The maximum atomic E-state index is 12.6. The van der Waals surface area contributed by atoms with Crippen LogP contribution in [0.1, 0.15) is 36.7 Å². The van der Waals surface area contributed by atoms with Gasteiger partial charge in [-0.15, -0.1) is 0 Å². The molecule has 0 aliphatic carbocycles. The summed E-state index contributed by atoms with van der Waals surface area (Å²) >= 11 is 0. The van der Waals surface area contributed by atoms with Gasteiger partial charge in [0.25, 0.3) is 0 Å². The molecule has 36 heavy (non-hydrogen) atoms. The van der Waals surface area contributed by atoms with E-state index in [4.69, 9.17) is 23.7 Å². The molecule has 2 fully saturated rings. The third-order valence-corrected chi connectivity index (χ3v) is 5.95. The van der Waals surface area contributed by atoms with Gasteiger partial charge in [0.1, 0.15) is 18.3 Å². The van der Waals surface area contributed by atoms with Crippen LogP contribution in [0.15, 0.2) is 60.7 Å². The van der Waals surface area contributed by atoms with Crippen molar-refractivity contribution in [3.8, 4) is 23.7 Å². The quantitative estimate of drug-likeness (QED) is 0.472. The van der Waals surface area contributed by atoms with Gasteiger partial charge in [-0.05, 0) is 23.8 Å². The number of aliphatic hydroxyl groups is 1. The lowest BCUT2D eigenvalue weighted by molar-refractivity contribution is -0.358. The van der Waals surface area contributed by atoms with Gasteiger partial charge in [0.15, 0.2) is 18.7 Å². The van der Waals surface area contributed by atoms with E-state index >= 15 is 0 Å². The summed E-state index contributed by atoms with van der Waals surface area (Å²) in [6.07, 6.45) is -3.11. The smallest absolute Gasteiger partial charge is 0.307 e. The highest BCUT2D eigenvalue weighted by molar-refractivity contribution is 5.70. The second-order valence-corrected chi connectivity index (χ2v) is 8.49. The van der Waals surface area contributed by atoms with Gasteiger partial charge in [0.2, 0.25) is 0 Å². The molecular formula is C29H30O7. The number of carbonyl (C=O) groups is 1. The molecule has 0 amide bonds. The summed E-state index contributed by atoms with van der Waals surface area (Å²) in [5.41, 5.74) is 2.06. The average Bonchev–Trinajstić information content (AvgIpc) is 2.92. The zero-order valence-corrected chi connectivity index (χ0v) is 20.2. The summed E-state index contributed by atoms with van der Waals surface area (Å²) in [5.74, 6) is 11.0. The van der Waals surface area contributed by atoms with E-state index in [0.717, 1.165) is 18.4 Å². The Labute approximate surface area is 211 Å². The molecular weight excluding hydrogens is 460 g/mol. The Morgan fingerprint density at radius 3 is 2.42 bits per heavy atom. The van der Waals surface area contributed by atoms with Gasteiger partial charge in [0.05, 0.1) is 13.0 Å². The third kappa shape index (κ3) is 6.95. The van der Waals surface area contributed by atoms with Gasteiger partial charge in [-0.1, -0.05) is 72.5 Å². The molecule has 0 saturated carbocycles. The molecule has 6 atom stereocenters. The van der Waals surface area contributed by atoms with Gasteiger partial charge >= 0.3 is 5.97 Å². The van der Waals surface area contributed by atoms with Crippen LogP contribution in [0.5, 0.6) is 0 Å². The lowest BCUT2D eigenvalue weighted by atomic mass is 9.97. The number of aliphatic hydroxyl groups excluding tert-OH is 1. The predicted octanol–water partition coefficient (Wildman–Crippen LogP) is 3.16. The largest absolute Gasteiger partial charge is 0.456 e. The zero-order chi connectivity index (χ0) is 25.2. The molecule has 2 aromatic rings. The highest BCUT2D eigenvalue weighted by atomic mass is 16.8. The molecule has 2 aliphatic rings. The fourth-order valence-corrected chi connectivity index (χ4v) is 4.11. The molecule has 2 heterocycles. The Bertz CT molecular complexity index is 1100. The number of benzene rings is 2. The highest BCUT2D eigenvalue weighted by Crippen LogP contribution is 2.35. The number of rotatable bonds is 7. The van der Waals surface area contributed by atoms with Crippen molar-refractivity contribution in [2.45, 2.75) is 62.7 Å². The predicted molar refractivity (Wildman–Crippen MR) is 131 cm³/mol. The van der Waals surface area contributed by atoms with Crippen molar-refractivity contribution in [1.82, 2.24) is 0 Å². The summed E-state index contributed by atoms with van der Waals surface area (Å²) in [6, 6.07) is 19.6. The first-order valence-electron chi connectivity index (χ1n) is 12.0. The normalized spacial score (nSPS) is 26.9. The number of hydrogen-bond acceptors (Lipinski definition) is 7. The van der Waals surface area contributed by atoms with Gasteiger partial charge in [0, 0.05) is 25.5 Å². The SMILES string of the molecule is CO[C@H]1O[C@@H]2CO[C@@H](c3ccccc3)O[C@H]2[C@H](OC(=O)CCC#CC#CCCc2ccccc2)[C@H]1O. The highest BCUT2D eigenvalue weighted by Gasteiger charge is 2.51. The maximum Gasteiger partial charge on any atom is 0.307 e. The van der Waals surface area contributed by atoms with E-state index in [0.29, 0.717) is 6.42 Å². The van der Waals surface area contributed by atoms with Crippen molar-refractivity contribution in [1.29, 1.82) is 0 Å². The fraction of sp³-hybridized carbons (Fsp3) is 0.414. The van der Waals surface area contributed by atoms with Crippen molar-refractivity contribution >= 4 is 5.97 Å². The molecule has 7 heteroatoms. The van der Waals surface area contributed by atoms with Crippen LogP contribution in [0.25, 0.3) is 0 Å².